The molecule has 0 atom stereocenters. The van der Waals surface area contributed by atoms with Crippen molar-refractivity contribution < 1.29 is 18.1 Å². The molecule has 0 spiro atoms. The number of nitriles is 2. The maximum absolute atomic E-state index is 13.2. The third kappa shape index (κ3) is 3.86. The van der Waals surface area contributed by atoms with Crippen LogP contribution in [0, 0.1) is 32.8 Å². The lowest BCUT2D eigenvalue weighted by Crippen LogP contribution is -2.40. The fraction of sp³-hybridized carbons (Fsp3) is 0.182. The molecule has 1 saturated heterocycles. The van der Waals surface area contributed by atoms with E-state index in [0.717, 1.165) is 0 Å². The Bertz CT molecular complexity index is 1480. The van der Waals surface area contributed by atoms with Crippen molar-refractivity contribution in [3.63, 3.8) is 0 Å². The smallest absolute Gasteiger partial charge is 0.270 e. The maximum atomic E-state index is 13.2. The van der Waals surface area contributed by atoms with Gasteiger partial charge in [-0.3, -0.25) is 14.7 Å². The highest BCUT2D eigenvalue weighted by Gasteiger charge is 2.28. The SMILES string of the molecule is N#Cc1c(C#N)c(-c2cccc([N+](=O)[O-])c2)n(-c2cccc(S(=O)(=O)N3CCOCC3)c2)c1N. The summed E-state index contributed by atoms with van der Waals surface area (Å²) < 4.78 is 34.3. The summed E-state index contributed by atoms with van der Waals surface area (Å²) in [6, 6.07) is 15.4. The number of nitrogens with zero attached hydrogens (tertiary/aromatic N) is 5. The van der Waals surface area contributed by atoms with Gasteiger partial charge in [-0.15, -0.1) is 0 Å². The summed E-state index contributed by atoms with van der Waals surface area (Å²) in [7, 11) is -3.84. The summed E-state index contributed by atoms with van der Waals surface area (Å²) in [5, 5.41) is 30.7. The van der Waals surface area contributed by atoms with Crippen LogP contribution in [0.15, 0.2) is 53.4 Å². The third-order valence-corrected chi connectivity index (χ3v) is 7.34. The van der Waals surface area contributed by atoms with Gasteiger partial charge in [-0.25, -0.2) is 8.42 Å². The van der Waals surface area contributed by atoms with Crippen molar-refractivity contribution in [1.29, 1.82) is 10.5 Å². The first-order valence-corrected chi connectivity index (χ1v) is 11.5. The van der Waals surface area contributed by atoms with E-state index in [0.29, 0.717) is 0 Å². The Morgan fingerprint density at radius 1 is 1.03 bits per heavy atom. The van der Waals surface area contributed by atoms with Crippen LogP contribution in [0.1, 0.15) is 11.1 Å². The van der Waals surface area contributed by atoms with Gasteiger partial charge in [0.05, 0.1) is 34.3 Å². The number of anilines is 1. The first kappa shape index (κ1) is 22.9. The third-order valence-electron chi connectivity index (χ3n) is 5.45. The average molecular weight is 478 g/mol. The molecule has 12 heteroatoms. The van der Waals surface area contributed by atoms with E-state index < -0.39 is 14.9 Å². The summed E-state index contributed by atoms with van der Waals surface area (Å²) in [5.41, 5.74) is 6.57. The maximum Gasteiger partial charge on any atom is 0.270 e. The van der Waals surface area contributed by atoms with E-state index in [1.54, 1.807) is 12.1 Å². The van der Waals surface area contributed by atoms with E-state index >= 15 is 0 Å². The molecule has 0 bridgehead atoms. The van der Waals surface area contributed by atoms with E-state index in [-0.39, 0.29) is 70.8 Å². The Morgan fingerprint density at radius 2 is 1.71 bits per heavy atom. The number of ether oxygens (including phenoxy) is 1. The second-order valence-corrected chi connectivity index (χ2v) is 9.30. The number of nitro benzene ring substituents is 1. The number of sulfonamides is 1. The van der Waals surface area contributed by atoms with E-state index in [1.165, 1.54) is 45.3 Å². The van der Waals surface area contributed by atoms with Crippen molar-refractivity contribution >= 4 is 21.5 Å². The average Bonchev–Trinajstić information content (AvgIpc) is 3.15. The number of aromatic nitrogens is 1. The summed E-state index contributed by atoms with van der Waals surface area (Å²) >= 11 is 0. The molecule has 1 fully saturated rings. The zero-order chi connectivity index (χ0) is 24.5. The molecule has 0 amide bonds. The minimum atomic E-state index is -3.84. The lowest BCUT2D eigenvalue weighted by molar-refractivity contribution is -0.384. The summed E-state index contributed by atoms with van der Waals surface area (Å²) in [6.07, 6.45) is 0. The van der Waals surface area contributed by atoms with E-state index in [1.807, 2.05) is 12.1 Å². The zero-order valence-corrected chi connectivity index (χ0v) is 18.5. The molecule has 1 aromatic heterocycles. The van der Waals surface area contributed by atoms with Gasteiger partial charge < -0.3 is 10.5 Å². The number of nitro groups is 1. The van der Waals surface area contributed by atoms with Gasteiger partial charge in [0.15, 0.2) is 0 Å². The number of non-ortho nitro benzene ring substituents is 1. The Balaban J connectivity index is 1.94. The molecule has 11 nitrogen and oxygen atoms in total. The first-order valence-electron chi connectivity index (χ1n) is 10.1. The lowest BCUT2D eigenvalue weighted by atomic mass is 10.1. The molecule has 3 aromatic rings. The van der Waals surface area contributed by atoms with Crippen LogP contribution in [0.2, 0.25) is 0 Å². The van der Waals surface area contributed by atoms with E-state index in [4.69, 9.17) is 10.5 Å². The van der Waals surface area contributed by atoms with Gasteiger partial charge in [0.25, 0.3) is 5.69 Å². The molecular weight excluding hydrogens is 460 g/mol. The number of nitrogen functional groups attached to an aromatic ring is 1. The second kappa shape index (κ2) is 8.96. The van der Waals surface area contributed by atoms with Crippen LogP contribution in [-0.2, 0) is 14.8 Å². The summed E-state index contributed by atoms with van der Waals surface area (Å²) in [4.78, 5) is 10.7. The molecule has 0 unspecified atom stereocenters. The van der Waals surface area contributed by atoms with Gasteiger partial charge in [0, 0.05) is 36.5 Å². The predicted octanol–water partition coefficient (Wildman–Crippen LogP) is 2.40. The quantitative estimate of drug-likeness (QED) is 0.430. The monoisotopic (exact) mass is 478 g/mol. The fourth-order valence-corrected chi connectivity index (χ4v) is 5.29. The lowest BCUT2D eigenvalue weighted by Gasteiger charge is -2.26. The molecule has 34 heavy (non-hydrogen) atoms. The number of rotatable bonds is 5. The second-order valence-electron chi connectivity index (χ2n) is 7.36. The van der Waals surface area contributed by atoms with Crippen LogP contribution in [0.3, 0.4) is 0 Å². The van der Waals surface area contributed by atoms with Crippen molar-refractivity contribution in [2.75, 3.05) is 32.0 Å². The van der Waals surface area contributed by atoms with Crippen LogP contribution in [0.25, 0.3) is 16.9 Å². The Morgan fingerprint density at radius 3 is 2.35 bits per heavy atom. The van der Waals surface area contributed by atoms with Crippen LogP contribution in [-0.4, -0.2) is 48.5 Å². The molecule has 2 aromatic carbocycles. The molecule has 2 N–H and O–H groups in total. The number of nitrogens with two attached hydrogens (primary N) is 1. The normalized spacial score (nSPS) is 14.3. The Labute approximate surface area is 195 Å². The summed E-state index contributed by atoms with van der Waals surface area (Å²) in [6.45, 7) is 1.01. The van der Waals surface area contributed by atoms with Crippen LogP contribution >= 0.6 is 0 Å². The van der Waals surface area contributed by atoms with Crippen LogP contribution in [0.5, 0.6) is 0 Å². The Kier molecular flexibility index (Phi) is 6.04. The van der Waals surface area contributed by atoms with Gasteiger partial charge in [-0.2, -0.15) is 14.8 Å². The van der Waals surface area contributed by atoms with E-state index in [2.05, 4.69) is 0 Å². The van der Waals surface area contributed by atoms with Crippen molar-refractivity contribution in [2.24, 2.45) is 0 Å². The Hall–Kier alpha value is -4.23. The largest absolute Gasteiger partial charge is 0.384 e. The highest BCUT2D eigenvalue weighted by atomic mass is 32.2. The predicted molar refractivity (Wildman–Crippen MR) is 121 cm³/mol. The zero-order valence-electron chi connectivity index (χ0n) is 17.7. The number of benzene rings is 2. The van der Waals surface area contributed by atoms with Gasteiger partial charge in [0.1, 0.15) is 23.5 Å². The van der Waals surface area contributed by atoms with Crippen molar-refractivity contribution in [3.05, 3.63) is 69.8 Å². The highest BCUT2D eigenvalue weighted by molar-refractivity contribution is 7.89. The molecule has 0 aliphatic carbocycles. The molecule has 0 radical (unpaired) electrons. The molecule has 172 valence electrons. The first-order chi connectivity index (χ1) is 16.3. The van der Waals surface area contributed by atoms with Crippen LogP contribution < -0.4 is 5.73 Å². The highest BCUT2D eigenvalue weighted by Crippen LogP contribution is 2.37. The van der Waals surface area contributed by atoms with Gasteiger partial charge >= 0.3 is 0 Å². The fourth-order valence-electron chi connectivity index (χ4n) is 3.84. The molecule has 1 aliphatic heterocycles. The minimum absolute atomic E-state index is 0.00186. The van der Waals surface area contributed by atoms with Gasteiger partial charge in [-0.1, -0.05) is 18.2 Å². The van der Waals surface area contributed by atoms with Gasteiger partial charge in [0.2, 0.25) is 10.0 Å². The molecular formula is C22H18N6O5S. The van der Waals surface area contributed by atoms with Crippen molar-refractivity contribution in [2.45, 2.75) is 4.90 Å². The number of hydrogen-bond acceptors (Lipinski definition) is 8. The standard InChI is InChI=1S/C22H18N6O5S/c23-13-19-20(14-24)22(25)27(21(19)15-3-1-5-17(11-15)28(29)30)16-4-2-6-18(12-16)34(31,32)26-7-9-33-10-8-26/h1-6,11-12H,7-10,25H2. The van der Waals surface area contributed by atoms with Gasteiger partial charge in [-0.05, 0) is 18.2 Å². The summed E-state index contributed by atoms with van der Waals surface area (Å²) in [5.74, 6) is -0.0820. The van der Waals surface area contributed by atoms with E-state index in [9.17, 15) is 29.1 Å². The topological polar surface area (TPSA) is 168 Å². The molecule has 4 rings (SSSR count). The van der Waals surface area contributed by atoms with Crippen molar-refractivity contribution in [3.8, 4) is 29.1 Å². The van der Waals surface area contributed by atoms with Crippen LogP contribution in [0.4, 0.5) is 11.5 Å². The molecule has 1 aliphatic rings. The number of morpholine rings is 1. The molecule has 0 saturated carbocycles. The number of hydrogen-bond donors (Lipinski definition) is 1. The molecule has 2 heterocycles. The minimum Gasteiger partial charge on any atom is -0.384 e. The van der Waals surface area contributed by atoms with Crippen molar-refractivity contribution in [1.82, 2.24) is 8.87 Å².